The predicted octanol–water partition coefficient (Wildman–Crippen LogP) is 5.58. The highest BCUT2D eigenvalue weighted by atomic mass is 16.5. The maximum atomic E-state index is 12.0. The van der Waals surface area contributed by atoms with E-state index in [0.717, 1.165) is 37.4 Å². The Labute approximate surface area is 239 Å². The van der Waals surface area contributed by atoms with Crippen molar-refractivity contribution in [3.8, 4) is 18.1 Å². The average molecular weight is 545 g/mol. The van der Waals surface area contributed by atoms with Gasteiger partial charge in [0.15, 0.2) is 0 Å². The number of aliphatic hydroxyl groups is 2. The number of hydrogen-bond acceptors (Lipinski definition) is 5. The summed E-state index contributed by atoms with van der Waals surface area (Å²) >= 11 is 0. The van der Waals surface area contributed by atoms with Gasteiger partial charge in [0.25, 0.3) is 0 Å². The van der Waals surface area contributed by atoms with E-state index in [1.165, 1.54) is 35.1 Å². The van der Waals surface area contributed by atoms with Crippen molar-refractivity contribution in [3.05, 3.63) is 64.7 Å². The first-order valence-electron chi connectivity index (χ1n) is 15.2. The predicted molar refractivity (Wildman–Crippen MR) is 156 cm³/mol. The third-order valence-corrected chi connectivity index (χ3v) is 10.9. The molecule has 0 aromatic heterocycles. The van der Waals surface area contributed by atoms with E-state index in [9.17, 15) is 10.2 Å². The number of ether oxygens (including phenoxy) is 3. The van der Waals surface area contributed by atoms with Gasteiger partial charge in [-0.25, -0.2) is 0 Å². The Morgan fingerprint density at radius 2 is 1.75 bits per heavy atom. The van der Waals surface area contributed by atoms with Crippen LogP contribution in [0.15, 0.2) is 42.5 Å². The summed E-state index contributed by atoms with van der Waals surface area (Å²) in [5.74, 6) is 5.47. The molecule has 6 rings (SSSR count). The second kappa shape index (κ2) is 11.1. The number of aryl methyl sites for hydroxylation is 1. The Hall–Kier alpha value is -2.36. The van der Waals surface area contributed by atoms with Gasteiger partial charge in [-0.3, -0.25) is 0 Å². The molecule has 4 aliphatic carbocycles. The highest BCUT2D eigenvalue weighted by Crippen LogP contribution is 2.68. The van der Waals surface area contributed by atoms with Crippen LogP contribution in [-0.2, 0) is 15.9 Å². The summed E-state index contributed by atoms with van der Waals surface area (Å²) in [6.07, 6.45) is 11.5. The van der Waals surface area contributed by atoms with Crippen molar-refractivity contribution in [2.75, 3.05) is 33.5 Å². The van der Waals surface area contributed by atoms with Gasteiger partial charge in [0.1, 0.15) is 24.1 Å². The van der Waals surface area contributed by atoms with E-state index >= 15 is 0 Å². The molecule has 3 saturated carbocycles. The van der Waals surface area contributed by atoms with E-state index < -0.39 is 17.1 Å². The largest absolute Gasteiger partial charge is 0.491 e. The third kappa shape index (κ3) is 4.77. The monoisotopic (exact) mass is 544 g/mol. The molecule has 0 bridgehead atoms. The lowest BCUT2D eigenvalue weighted by Crippen LogP contribution is -2.57. The van der Waals surface area contributed by atoms with Crippen molar-refractivity contribution in [3.63, 3.8) is 0 Å². The lowest BCUT2D eigenvalue weighted by atomic mass is 9.48. The molecule has 214 valence electrons. The number of rotatable bonds is 10. The Balaban J connectivity index is 1.31. The van der Waals surface area contributed by atoms with Crippen LogP contribution in [0, 0.1) is 29.6 Å². The third-order valence-electron chi connectivity index (χ3n) is 10.9. The number of fused-ring (bicyclic) bond motifs is 5. The van der Waals surface area contributed by atoms with Gasteiger partial charge >= 0.3 is 0 Å². The molecule has 2 aromatic carbocycles. The van der Waals surface area contributed by atoms with Crippen molar-refractivity contribution in [1.82, 2.24) is 0 Å². The second-order valence-electron chi connectivity index (χ2n) is 12.9. The second-order valence-corrected chi connectivity index (χ2v) is 12.9. The van der Waals surface area contributed by atoms with Gasteiger partial charge in [0.05, 0.1) is 19.8 Å². The number of hydrogen-bond donors (Lipinski definition) is 2. The van der Waals surface area contributed by atoms with Crippen molar-refractivity contribution >= 4 is 0 Å². The summed E-state index contributed by atoms with van der Waals surface area (Å²) in [6, 6.07) is 15.9. The molecule has 0 radical (unpaired) electrons. The Bertz CT molecular complexity index is 1230. The van der Waals surface area contributed by atoms with Crippen molar-refractivity contribution in [1.29, 1.82) is 0 Å². The van der Waals surface area contributed by atoms with Crippen LogP contribution < -0.4 is 4.74 Å². The Morgan fingerprint density at radius 3 is 2.48 bits per heavy atom. The number of benzene rings is 2. The number of aliphatic hydroxyl groups excluding tert-OH is 1. The van der Waals surface area contributed by atoms with Gasteiger partial charge in [-0.1, -0.05) is 43.2 Å². The van der Waals surface area contributed by atoms with E-state index in [2.05, 4.69) is 55.3 Å². The molecule has 5 nitrogen and oxygen atoms in total. The number of terminal acetylenes is 1. The maximum absolute atomic E-state index is 12.0. The zero-order valence-electron chi connectivity index (χ0n) is 24.0. The van der Waals surface area contributed by atoms with Crippen LogP contribution >= 0.6 is 0 Å². The molecule has 0 amide bonds. The standard InChI is InChI=1S/C35H44O5/c1-4-32(36)35(37)16-15-31-29-13-11-26-21-27(40-20-19-39-18-17-38-3)12-14-28(26)33(29)30(22-34(31,35)2)25-9-7-24(8-10-25)23-5-6-23/h1,7-10,12,14,21,23,29-33,36-37H,5-6,11,13,15-20,22H2,2-3H3/t29-,30+,31-,32?,33?,34-,35+/m0/s1. The quantitative estimate of drug-likeness (QED) is 0.302. The van der Waals surface area contributed by atoms with Gasteiger partial charge < -0.3 is 24.4 Å². The molecule has 5 heteroatoms. The fourth-order valence-corrected chi connectivity index (χ4v) is 8.62. The fourth-order valence-electron chi connectivity index (χ4n) is 8.62. The van der Waals surface area contributed by atoms with E-state index in [0.29, 0.717) is 50.6 Å². The molecular formula is C35H44O5. The first-order valence-corrected chi connectivity index (χ1v) is 15.2. The van der Waals surface area contributed by atoms with E-state index in [1.807, 2.05) is 0 Å². The molecule has 7 atom stereocenters. The van der Waals surface area contributed by atoms with Crippen LogP contribution in [0.25, 0.3) is 0 Å². The summed E-state index contributed by atoms with van der Waals surface area (Å²) in [5, 5.41) is 22.8. The number of methoxy groups -OCH3 is 1. The highest BCUT2D eigenvalue weighted by molar-refractivity contribution is 5.44. The van der Waals surface area contributed by atoms with Gasteiger partial charge in [-0.2, -0.15) is 0 Å². The Kier molecular flexibility index (Phi) is 7.74. The maximum Gasteiger partial charge on any atom is 0.143 e. The molecule has 2 unspecified atom stereocenters. The fraction of sp³-hybridized carbons (Fsp3) is 0.600. The van der Waals surface area contributed by atoms with Crippen molar-refractivity contribution in [2.24, 2.45) is 17.3 Å². The van der Waals surface area contributed by atoms with E-state index in [-0.39, 0.29) is 5.92 Å². The topological polar surface area (TPSA) is 68.2 Å². The normalized spacial score (nSPS) is 33.4. The Morgan fingerprint density at radius 1 is 1.00 bits per heavy atom. The zero-order chi connectivity index (χ0) is 27.9. The van der Waals surface area contributed by atoms with Crippen LogP contribution in [-0.4, -0.2) is 55.5 Å². The van der Waals surface area contributed by atoms with Crippen molar-refractivity contribution in [2.45, 2.75) is 81.3 Å². The van der Waals surface area contributed by atoms with Crippen molar-refractivity contribution < 1.29 is 24.4 Å². The summed E-state index contributed by atoms with van der Waals surface area (Å²) < 4.78 is 16.6. The zero-order valence-corrected chi connectivity index (χ0v) is 24.0. The molecule has 2 aromatic rings. The van der Waals surface area contributed by atoms with Crippen LogP contribution in [0.3, 0.4) is 0 Å². The lowest BCUT2D eigenvalue weighted by Gasteiger charge is -2.57. The lowest BCUT2D eigenvalue weighted by molar-refractivity contribution is -0.151. The molecular weight excluding hydrogens is 500 g/mol. The van der Waals surface area contributed by atoms with Crippen LogP contribution in [0.2, 0.25) is 0 Å². The van der Waals surface area contributed by atoms with Gasteiger partial charge in [-0.15, -0.1) is 6.42 Å². The first kappa shape index (κ1) is 27.8. The SMILES string of the molecule is C#CC(O)[C@]1(O)CC[C@H]2[C@@H]3CCc4cc(OCCOCCOC)ccc4C3[C@@H](c3ccc(C4CC4)cc3)C[C@@]21C. The first-order chi connectivity index (χ1) is 19.4. The van der Waals surface area contributed by atoms with Crippen LogP contribution in [0.5, 0.6) is 5.75 Å². The summed E-state index contributed by atoms with van der Waals surface area (Å²) in [7, 11) is 1.67. The highest BCUT2D eigenvalue weighted by Gasteiger charge is 2.65. The summed E-state index contributed by atoms with van der Waals surface area (Å²) in [6.45, 7) is 4.42. The molecule has 0 saturated heterocycles. The summed E-state index contributed by atoms with van der Waals surface area (Å²) in [4.78, 5) is 0. The molecule has 2 N–H and O–H groups in total. The molecule has 40 heavy (non-hydrogen) atoms. The van der Waals surface area contributed by atoms with Crippen LogP contribution in [0.4, 0.5) is 0 Å². The van der Waals surface area contributed by atoms with E-state index in [1.54, 1.807) is 7.11 Å². The average Bonchev–Trinajstić information content (AvgIpc) is 3.79. The molecule has 3 fully saturated rings. The minimum Gasteiger partial charge on any atom is -0.491 e. The van der Waals surface area contributed by atoms with E-state index in [4.69, 9.17) is 20.6 Å². The van der Waals surface area contributed by atoms with Crippen LogP contribution in [0.1, 0.15) is 85.5 Å². The minimum absolute atomic E-state index is 0.245. The van der Waals surface area contributed by atoms with Gasteiger partial charge in [-0.05, 0) is 109 Å². The minimum atomic E-state index is -1.26. The molecule has 4 aliphatic rings. The van der Waals surface area contributed by atoms with Gasteiger partial charge in [0.2, 0.25) is 0 Å². The molecule has 0 spiro atoms. The van der Waals surface area contributed by atoms with Gasteiger partial charge in [0, 0.05) is 12.5 Å². The molecule has 0 aliphatic heterocycles. The molecule has 0 heterocycles. The smallest absolute Gasteiger partial charge is 0.143 e. The summed E-state index contributed by atoms with van der Waals surface area (Å²) in [5.41, 5.74) is 3.88.